The van der Waals surface area contributed by atoms with Crippen molar-refractivity contribution in [2.45, 2.75) is 19.8 Å². The van der Waals surface area contributed by atoms with Crippen LogP contribution in [0.3, 0.4) is 0 Å². The molecule has 2 rings (SSSR count). The van der Waals surface area contributed by atoms with E-state index in [1.807, 2.05) is 19.0 Å². The van der Waals surface area contributed by atoms with Gasteiger partial charge in [-0.1, -0.05) is 13.8 Å². The van der Waals surface area contributed by atoms with Gasteiger partial charge in [-0.05, 0) is 0 Å². The second-order valence-corrected chi connectivity index (χ2v) is 6.28. The van der Waals surface area contributed by atoms with E-state index in [0.29, 0.717) is 12.5 Å². The van der Waals surface area contributed by atoms with Gasteiger partial charge in [0.1, 0.15) is 5.82 Å². The molecule has 1 aromatic heterocycles. The Hall–Kier alpha value is -1.96. The van der Waals surface area contributed by atoms with Crippen molar-refractivity contribution in [1.29, 1.82) is 0 Å². The lowest BCUT2D eigenvalue weighted by atomic mass is 10.2. The van der Waals surface area contributed by atoms with Gasteiger partial charge in [-0.3, -0.25) is 9.69 Å². The molecule has 0 unspecified atom stereocenters. The Kier molecular flexibility index (Phi) is 5.70. The highest BCUT2D eigenvalue weighted by Crippen LogP contribution is 2.18. The minimum atomic E-state index is 0.0515. The topological polar surface area (TPSA) is 77.5 Å². The first kappa shape index (κ1) is 17.4. The minimum Gasteiger partial charge on any atom is -0.358 e. The Morgan fingerprint density at radius 2 is 1.83 bits per heavy atom. The number of amides is 1. The average Bonchev–Trinajstić information content (AvgIpc) is 2.54. The van der Waals surface area contributed by atoms with Gasteiger partial charge in [-0.25, -0.2) is 0 Å². The molecule has 0 aliphatic carbocycles. The van der Waals surface area contributed by atoms with Gasteiger partial charge in [-0.15, -0.1) is 0 Å². The third-order valence-electron chi connectivity index (χ3n) is 3.85. The molecule has 8 heteroatoms. The molecule has 1 saturated heterocycles. The molecule has 1 amide bonds. The fourth-order valence-corrected chi connectivity index (χ4v) is 2.36. The molecule has 128 valence electrons. The number of carbonyl (C=O) groups is 1. The molecule has 1 aromatic rings. The van der Waals surface area contributed by atoms with Gasteiger partial charge in [-0.2, -0.15) is 15.0 Å². The number of rotatable bonds is 5. The lowest BCUT2D eigenvalue weighted by Crippen LogP contribution is -2.49. The van der Waals surface area contributed by atoms with Crippen LogP contribution in [0, 0.1) is 0 Å². The van der Waals surface area contributed by atoms with Crippen LogP contribution in [0.25, 0.3) is 0 Å². The van der Waals surface area contributed by atoms with E-state index in [9.17, 15) is 4.79 Å². The number of piperazine rings is 1. The zero-order valence-electron chi connectivity index (χ0n) is 14.7. The monoisotopic (exact) mass is 321 g/mol. The summed E-state index contributed by atoms with van der Waals surface area (Å²) in [7, 11) is 5.54. The summed E-state index contributed by atoms with van der Waals surface area (Å²) in [5.41, 5.74) is 0. The molecule has 1 aliphatic heterocycles. The Balaban J connectivity index is 2.09. The second kappa shape index (κ2) is 7.54. The van der Waals surface area contributed by atoms with Crippen LogP contribution in [0.5, 0.6) is 0 Å². The van der Waals surface area contributed by atoms with Gasteiger partial charge in [0.05, 0.1) is 6.54 Å². The number of nitrogens with zero attached hydrogens (tertiary/aromatic N) is 6. The highest BCUT2D eigenvalue weighted by atomic mass is 16.1. The highest BCUT2D eigenvalue weighted by molar-refractivity contribution is 5.77. The van der Waals surface area contributed by atoms with Gasteiger partial charge < -0.3 is 15.1 Å². The van der Waals surface area contributed by atoms with Crippen molar-refractivity contribution >= 4 is 17.8 Å². The van der Waals surface area contributed by atoms with Gasteiger partial charge in [0, 0.05) is 53.2 Å². The first-order valence-corrected chi connectivity index (χ1v) is 8.02. The largest absolute Gasteiger partial charge is 0.358 e. The SMILES string of the molecule is CNC(=O)CN1CCN(c2nc(C(C)C)nc(N(C)C)n2)CC1. The van der Waals surface area contributed by atoms with Crippen molar-refractivity contribution in [2.24, 2.45) is 0 Å². The van der Waals surface area contributed by atoms with E-state index in [4.69, 9.17) is 0 Å². The third kappa shape index (κ3) is 4.51. The zero-order chi connectivity index (χ0) is 17.0. The summed E-state index contributed by atoms with van der Waals surface area (Å²) in [4.78, 5) is 31.4. The van der Waals surface area contributed by atoms with E-state index >= 15 is 0 Å². The molecule has 0 radical (unpaired) electrons. The molecule has 1 N–H and O–H groups in total. The van der Waals surface area contributed by atoms with Crippen LogP contribution < -0.4 is 15.1 Å². The summed E-state index contributed by atoms with van der Waals surface area (Å²) < 4.78 is 0. The lowest BCUT2D eigenvalue weighted by molar-refractivity contribution is -0.121. The number of hydrogen-bond acceptors (Lipinski definition) is 7. The summed E-state index contributed by atoms with van der Waals surface area (Å²) in [6.45, 7) is 7.89. The second-order valence-electron chi connectivity index (χ2n) is 6.28. The summed E-state index contributed by atoms with van der Waals surface area (Å²) >= 11 is 0. The highest BCUT2D eigenvalue weighted by Gasteiger charge is 2.22. The molecular weight excluding hydrogens is 294 g/mol. The van der Waals surface area contributed by atoms with Crippen LogP contribution in [-0.2, 0) is 4.79 Å². The fourth-order valence-electron chi connectivity index (χ4n) is 2.36. The van der Waals surface area contributed by atoms with E-state index in [1.54, 1.807) is 7.05 Å². The molecule has 0 aromatic carbocycles. The molecule has 23 heavy (non-hydrogen) atoms. The smallest absolute Gasteiger partial charge is 0.233 e. The van der Waals surface area contributed by atoms with Gasteiger partial charge >= 0.3 is 0 Å². The molecule has 2 heterocycles. The van der Waals surface area contributed by atoms with Crippen molar-refractivity contribution in [3.63, 3.8) is 0 Å². The molecule has 0 saturated carbocycles. The van der Waals surface area contributed by atoms with Gasteiger partial charge in [0.25, 0.3) is 0 Å². The maximum Gasteiger partial charge on any atom is 0.233 e. The number of nitrogens with one attached hydrogen (secondary N) is 1. The minimum absolute atomic E-state index is 0.0515. The molecule has 0 atom stereocenters. The molecule has 1 aliphatic rings. The van der Waals surface area contributed by atoms with Crippen LogP contribution >= 0.6 is 0 Å². The predicted octanol–water partition coefficient (Wildman–Crippen LogP) is -0.0710. The summed E-state index contributed by atoms with van der Waals surface area (Å²) in [5.74, 6) is 2.53. The van der Waals surface area contributed by atoms with E-state index < -0.39 is 0 Å². The number of anilines is 2. The van der Waals surface area contributed by atoms with Crippen molar-refractivity contribution in [2.75, 3.05) is 63.7 Å². The molecule has 1 fully saturated rings. The van der Waals surface area contributed by atoms with E-state index in [0.717, 1.165) is 38.0 Å². The summed E-state index contributed by atoms with van der Waals surface area (Å²) in [5, 5.41) is 2.66. The van der Waals surface area contributed by atoms with Crippen LogP contribution in [0.2, 0.25) is 0 Å². The average molecular weight is 321 g/mol. The molecule has 0 spiro atoms. The first-order valence-electron chi connectivity index (χ1n) is 8.02. The van der Waals surface area contributed by atoms with Crippen LogP contribution in [0.4, 0.5) is 11.9 Å². The van der Waals surface area contributed by atoms with Crippen LogP contribution in [0.15, 0.2) is 0 Å². The summed E-state index contributed by atoms with van der Waals surface area (Å²) in [6.07, 6.45) is 0. The fraction of sp³-hybridized carbons (Fsp3) is 0.733. The predicted molar refractivity (Wildman–Crippen MR) is 91.0 cm³/mol. The zero-order valence-corrected chi connectivity index (χ0v) is 14.7. The standard InChI is InChI=1S/C15H27N7O/c1-11(2)13-17-14(20(4)5)19-15(18-13)22-8-6-21(7-9-22)10-12(23)16-3/h11H,6-10H2,1-5H3,(H,16,23). The van der Waals surface area contributed by atoms with E-state index in [-0.39, 0.29) is 11.8 Å². The number of hydrogen-bond donors (Lipinski definition) is 1. The third-order valence-corrected chi connectivity index (χ3v) is 3.85. The number of aromatic nitrogens is 3. The molecular formula is C15H27N7O. The summed E-state index contributed by atoms with van der Waals surface area (Å²) in [6, 6.07) is 0. The van der Waals surface area contributed by atoms with Crippen molar-refractivity contribution in [3.05, 3.63) is 5.82 Å². The normalized spacial score (nSPS) is 15.8. The van der Waals surface area contributed by atoms with Crippen molar-refractivity contribution < 1.29 is 4.79 Å². The van der Waals surface area contributed by atoms with Gasteiger partial charge in [0.15, 0.2) is 0 Å². The van der Waals surface area contributed by atoms with Gasteiger partial charge in [0.2, 0.25) is 17.8 Å². The van der Waals surface area contributed by atoms with Crippen LogP contribution in [-0.4, -0.2) is 79.6 Å². The maximum absolute atomic E-state index is 11.5. The van der Waals surface area contributed by atoms with E-state index in [2.05, 4.69) is 43.9 Å². The Bertz CT molecular complexity index is 512. The molecule has 8 nitrogen and oxygen atoms in total. The molecule has 0 bridgehead atoms. The maximum atomic E-state index is 11.5. The van der Waals surface area contributed by atoms with Crippen molar-refractivity contribution in [3.8, 4) is 0 Å². The first-order chi connectivity index (χ1) is 10.9. The quantitative estimate of drug-likeness (QED) is 0.813. The van der Waals surface area contributed by atoms with Crippen LogP contribution in [0.1, 0.15) is 25.6 Å². The van der Waals surface area contributed by atoms with E-state index in [1.165, 1.54) is 0 Å². The Morgan fingerprint density at radius 3 is 2.35 bits per heavy atom. The van der Waals surface area contributed by atoms with Crippen molar-refractivity contribution in [1.82, 2.24) is 25.2 Å². The number of carbonyl (C=O) groups excluding carboxylic acids is 1. The number of likely N-dealkylation sites (N-methyl/N-ethyl adjacent to an activating group) is 1. The Labute approximate surface area is 137 Å². The Morgan fingerprint density at radius 1 is 1.17 bits per heavy atom. The lowest BCUT2D eigenvalue weighted by Gasteiger charge is -2.34.